The minimum atomic E-state index is -3.56. The first kappa shape index (κ1) is 29.4. The van der Waals surface area contributed by atoms with Gasteiger partial charge in [0, 0.05) is 6.00 Å². The molecule has 2 aliphatic heterocycles. The largest absolute Gasteiger partial charge is 0.414 e. The summed E-state index contributed by atoms with van der Waals surface area (Å²) in [5, 5.41) is 11.7. The SMILES string of the molecule is [B]C1OC2CO[Si](C(C)C)(C(C)C)O[Si](C(C)C)(C(C)C)O[C@H]2[C@@]1(O)CCCOS(C)(=O)=O. The van der Waals surface area contributed by atoms with Gasteiger partial charge < -0.3 is 22.8 Å². The number of hydrogen-bond acceptors (Lipinski definition) is 8. The van der Waals surface area contributed by atoms with E-state index in [0.29, 0.717) is 0 Å². The van der Waals surface area contributed by atoms with E-state index in [0.717, 1.165) is 6.26 Å². The predicted octanol–water partition coefficient (Wildman–Crippen LogP) is 3.32. The first-order valence-corrected chi connectivity index (χ1v) is 17.8. The van der Waals surface area contributed by atoms with E-state index >= 15 is 0 Å². The lowest BCUT2D eigenvalue weighted by atomic mass is 9.77. The van der Waals surface area contributed by atoms with Crippen LogP contribution in [0.3, 0.4) is 0 Å². The Morgan fingerprint density at radius 3 is 2.00 bits per heavy atom. The minimum absolute atomic E-state index is 0.0497. The summed E-state index contributed by atoms with van der Waals surface area (Å²) in [6.07, 6.45) is 0.165. The van der Waals surface area contributed by atoms with Gasteiger partial charge in [0.1, 0.15) is 25.7 Å². The highest BCUT2D eigenvalue weighted by atomic mass is 32.2. The van der Waals surface area contributed by atoms with E-state index in [9.17, 15) is 13.5 Å². The number of ether oxygens (including phenoxy) is 1. The van der Waals surface area contributed by atoms with Crippen molar-refractivity contribution in [2.24, 2.45) is 0 Å². The van der Waals surface area contributed by atoms with Gasteiger partial charge in [-0.05, 0) is 35.0 Å². The molecule has 0 amide bonds. The molecule has 2 heterocycles. The molecule has 0 aromatic rings. The van der Waals surface area contributed by atoms with E-state index in [-0.39, 0.29) is 48.2 Å². The molecule has 192 valence electrons. The summed E-state index contributed by atoms with van der Waals surface area (Å²) in [5.41, 5.74) is -0.927. The van der Waals surface area contributed by atoms with Gasteiger partial charge in [0.15, 0.2) is 0 Å². The van der Waals surface area contributed by atoms with Crippen molar-refractivity contribution in [3.8, 4) is 0 Å². The van der Waals surface area contributed by atoms with Crippen LogP contribution in [0.5, 0.6) is 0 Å². The highest BCUT2D eigenvalue weighted by Gasteiger charge is 2.64. The first-order valence-electron chi connectivity index (χ1n) is 12.0. The molecule has 2 unspecified atom stereocenters. The molecule has 8 nitrogen and oxygen atoms in total. The van der Waals surface area contributed by atoms with Gasteiger partial charge in [-0.15, -0.1) is 0 Å². The van der Waals surface area contributed by atoms with E-state index in [1.807, 2.05) is 0 Å². The number of aliphatic hydroxyl groups is 1. The summed E-state index contributed by atoms with van der Waals surface area (Å²) in [6, 6.07) is -0.993. The number of hydrogen-bond donors (Lipinski definition) is 1. The van der Waals surface area contributed by atoms with E-state index in [4.69, 9.17) is 29.7 Å². The van der Waals surface area contributed by atoms with Crippen LogP contribution in [0.25, 0.3) is 0 Å². The summed E-state index contributed by atoms with van der Waals surface area (Å²) in [6.45, 7) is 17.2. The van der Waals surface area contributed by atoms with Gasteiger partial charge >= 0.3 is 17.1 Å². The molecule has 33 heavy (non-hydrogen) atoms. The van der Waals surface area contributed by atoms with Crippen LogP contribution in [-0.4, -0.2) is 81.8 Å². The smallest absolute Gasteiger partial charge is 0.335 e. The summed E-state index contributed by atoms with van der Waals surface area (Å²) >= 11 is 0. The molecule has 0 spiro atoms. The van der Waals surface area contributed by atoms with Crippen LogP contribution in [-0.2, 0) is 32.0 Å². The fourth-order valence-corrected chi connectivity index (χ4v) is 16.8. The number of fused-ring (bicyclic) bond motifs is 1. The van der Waals surface area contributed by atoms with Crippen LogP contribution in [0, 0.1) is 0 Å². The van der Waals surface area contributed by atoms with Gasteiger partial charge in [0.25, 0.3) is 10.1 Å². The van der Waals surface area contributed by atoms with Crippen LogP contribution < -0.4 is 0 Å². The summed E-state index contributed by atoms with van der Waals surface area (Å²) in [7, 11) is -2.93. The van der Waals surface area contributed by atoms with Crippen LogP contribution in [0.1, 0.15) is 68.2 Å². The van der Waals surface area contributed by atoms with Crippen molar-refractivity contribution in [1.29, 1.82) is 0 Å². The fourth-order valence-electron chi connectivity index (χ4n) is 5.14. The summed E-state index contributed by atoms with van der Waals surface area (Å²) in [5.74, 6) is 0. The topological polar surface area (TPSA) is 101 Å². The Morgan fingerprint density at radius 2 is 1.55 bits per heavy atom. The van der Waals surface area contributed by atoms with E-state index in [1.54, 1.807) is 0 Å². The molecule has 2 saturated heterocycles. The Morgan fingerprint density at radius 1 is 1.03 bits per heavy atom. The van der Waals surface area contributed by atoms with E-state index in [1.165, 1.54) is 0 Å². The molecule has 1 N–H and O–H groups in total. The number of rotatable bonds is 9. The zero-order valence-electron chi connectivity index (χ0n) is 21.7. The van der Waals surface area contributed by atoms with Crippen molar-refractivity contribution in [3.63, 3.8) is 0 Å². The normalized spacial score (nSPS) is 32.4. The van der Waals surface area contributed by atoms with Crippen molar-refractivity contribution in [2.75, 3.05) is 19.5 Å². The highest BCUT2D eigenvalue weighted by Crippen LogP contribution is 2.49. The van der Waals surface area contributed by atoms with E-state index in [2.05, 4.69) is 55.4 Å². The van der Waals surface area contributed by atoms with Crippen molar-refractivity contribution >= 4 is 35.1 Å². The average molecular weight is 523 g/mol. The van der Waals surface area contributed by atoms with Crippen LogP contribution in [0.15, 0.2) is 0 Å². The van der Waals surface area contributed by atoms with Gasteiger partial charge in [-0.25, -0.2) is 0 Å². The summed E-state index contributed by atoms with van der Waals surface area (Å²) in [4.78, 5) is 0. The Bertz CT molecular complexity index is 747. The Balaban J connectivity index is 2.45. The molecule has 2 rings (SSSR count). The van der Waals surface area contributed by atoms with Crippen LogP contribution in [0.4, 0.5) is 0 Å². The zero-order chi connectivity index (χ0) is 25.4. The van der Waals surface area contributed by atoms with Crippen molar-refractivity contribution in [1.82, 2.24) is 0 Å². The lowest BCUT2D eigenvalue weighted by Gasteiger charge is -2.52. The second-order valence-corrected chi connectivity index (χ2v) is 21.2. The maximum atomic E-state index is 11.7. The zero-order valence-corrected chi connectivity index (χ0v) is 24.5. The standard InChI is InChI=1S/C21H43BO8SSi2/c1-14(2)32(15(3)4)27-13-18-19(29-33(30-32,16(5)6)17(7)8)21(23,20(22)28-18)11-10-12-26-31(9,24)25/h14-20,23H,10-13H2,1-9H3/t18?,19-,20?,21+/m1/s1. The van der Waals surface area contributed by atoms with Crippen LogP contribution in [0.2, 0.25) is 22.2 Å². The van der Waals surface area contributed by atoms with Gasteiger partial charge in [0.05, 0.1) is 19.5 Å². The second-order valence-electron chi connectivity index (χ2n) is 10.7. The molecular formula is C21H43BO8SSi2. The maximum Gasteiger partial charge on any atom is 0.335 e. The molecule has 0 saturated carbocycles. The Kier molecular flexibility index (Phi) is 9.52. The first-order chi connectivity index (χ1) is 15.0. The second kappa shape index (κ2) is 10.7. The van der Waals surface area contributed by atoms with Crippen molar-refractivity contribution < 1.29 is 35.4 Å². The molecule has 0 aromatic carbocycles. The summed E-state index contributed by atoms with van der Waals surface area (Å²) < 4.78 is 54.2. The Labute approximate surface area is 204 Å². The third-order valence-electron chi connectivity index (χ3n) is 6.99. The van der Waals surface area contributed by atoms with E-state index < -0.39 is 51.1 Å². The molecule has 2 radical (unpaired) electrons. The lowest BCUT2D eigenvalue weighted by molar-refractivity contribution is -0.0752. The molecule has 0 aromatic heterocycles. The van der Waals surface area contributed by atoms with Gasteiger partial charge in [-0.1, -0.05) is 55.4 Å². The molecular weight excluding hydrogens is 479 g/mol. The molecule has 2 aliphatic rings. The molecule has 0 bridgehead atoms. The lowest BCUT2D eigenvalue weighted by Crippen LogP contribution is -2.67. The molecule has 0 aliphatic carbocycles. The minimum Gasteiger partial charge on any atom is -0.414 e. The maximum absolute atomic E-state index is 11.7. The monoisotopic (exact) mass is 522 g/mol. The van der Waals surface area contributed by atoms with Gasteiger partial charge in [-0.3, -0.25) is 4.18 Å². The third-order valence-corrected chi connectivity index (χ3v) is 17.8. The predicted molar refractivity (Wildman–Crippen MR) is 133 cm³/mol. The van der Waals surface area contributed by atoms with Gasteiger partial charge in [-0.2, -0.15) is 8.42 Å². The van der Waals surface area contributed by atoms with Gasteiger partial charge in [0.2, 0.25) is 0 Å². The third kappa shape index (κ3) is 5.96. The highest BCUT2D eigenvalue weighted by molar-refractivity contribution is 7.85. The van der Waals surface area contributed by atoms with Crippen molar-refractivity contribution in [2.45, 2.75) is 114 Å². The fraction of sp³-hybridized carbons (Fsp3) is 1.00. The van der Waals surface area contributed by atoms with Crippen LogP contribution >= 0.6 is 0 Å². The molecule has 12 heteroatoms. The average Bonchev–Trinajstić information content (AvgIpc) is 2.87. The van der Waals surface area contributed by atoms with Crippen molar-refractivity contribution in [3.05, 3.63) is 0 Å². The molecule has 2 fully saturated rings. The molecule has 4 atom stereocenters. The Hall–Kier alpha value is 0.209. The quantitative estimate of drug-likeness (QED) is 0.280.